The third kappa shape index (κ3) is 5.27. The molecule has 0 unspecified atom stereocenters. The van der Waals surface area contributed by atoms with Crippen LogP contribution in [0.15, 0.2) is 79.0 Å². The average molecular weight is 403 g/mol. The highest BCUT2D eigenvalue weighted by Crippen LogP contribution is 2.20. The zero-order valence-corrected chi connectivity index (χ0v) is 16.4. The van der Waals surface area contributed by atoms with E-state index in [2.05, 4.69) is 20.5 Å². The van der Waals surface area contributed by atoms with Crippen LogP contribution >= 0.6 is 0 Å². The van der Waals surface area contributed by atoms with Crippen LogP contribution in [0.4, 0.5) is 4.39 Å². The van der Waals surface area contributed by atoms with Crippen molar-refractivity contribution in [2.75, 3.05) is 13.2 Å². The van der Waals surface area contributed by atoms with Crippen molar-refractivity contribution in [1.29, 1.82) is 0 Å². The van der Waals surface area contributed by atoms with Gasteiger partial charge in [0.05, 0.1) is 6.54 Å². The highest BCUT2D eigenvalue weighted by Gasteiger charge is 2.13. The van der Waals surface area contributed by atoms with Crippen molar-refractivity contribution < 1.29 is 9.13 Å². The molecule has 2 heterocycles. The maximum absolute atomic E-state index is 13.2. The number of rotatable bonds is 9. The van der Waals surface area contributed by atoms with Gasteiger partial charge in [-0.1, -0.05) is 48.5 Å². The Morgan fingerprint density at radius 3 is 2.47 bits per heavy atom. The van der Waals surface area contributed by atoms with Gasteiger partial charge in [0.1, 0.15) is 23.8 Å². The summed E-state index contributed by atoms with van der Waals surface area (Å²) < 4.78 is 18.8. The van der Waals surface area contributed by atoms with Crippen molar-refractivity contribution in [2.24, 2.45) is 0 Å². The first-order chi connectivity index (χ1) is 14.8. The Kier molecular flexibility index (Phi) is 6.41. The van der Waals surface area contributed by atoms with Gasteiger partial charge in [-0.15, -0.1) is 0 Å². The fraction of sp³-hybridized carbons (Fsp3) is 0.174. The van der Waals surface area contributed by atoms with Gasteiger partial charge in [-0.25, -0.2) is 9.37 Å². The predicted molar refractivity (Wildman–Crippen MR) is 112 cm³/mol. The van der Waals surface area contributed by atoms with E-state index in [-0.39, 0.29) is 5.82 Å². The van der Waals surface area contributed by atoms with Gasteiger partial charge >= 0.3 is 0 Å². The normalized spacial score (nSPS) is 10.8. The molecule has 0 amide bonds. The first-order valence-corrected chi connectivity index (χ1v) is 9.76. The third-order valence-corrected chi connectivity index (χ3v) is 4.47. The van der Waals surface area contributed by atoms with Crippen molar-refractivity contribution in [3.05, 3.63) is 96.1 Å². The van der Waals surface area contributed by atoms with E-state index < -0.39 is 0 Å². The van der Waals surface area contributed by atoms with Crippen LogP contribution in [0, 0.1) is 5.82 Å². The molecule has 0 atom stereocenters. The zero-order chi connectivity index (χ0) is 20.6. The number of halogens is 1. The summed E-state index contributed by atoms with van der Waals surface area (Å²) in [5.41, 5.74) is 3.62. The number of pyridine rings is 1. The number of benzene rings is 2. The molecule has 152 valence electrons. The van der Waals surface area contributed by atoms with E-state index in [1.165, 1.54) is 12.1 Å². The van der Waals surface area contributed by atoms with Crippen molar-refractivity contribution in [2.45, 2.75) is 13.1 Å². The Balaban J connectivity index is 1.42. The Morgan fingerprint density at radius 2 is 1.70 bits per heavy atom. The molecule has 0 saturated heterocycles. The minimum absolute atomic E-state index is 0.255. The van der Waals surface area contributed by atoms with Crippen molar-refractivity contribution in [3.63, 3.8) is 0 Å². The smallest absolute Gasteiger partial charge is 0.213 e. The summed E-state index contributed by atoms with van der Waals surface area (Å²) in [6.07, 6.45) is 1.70. The Morgan fingerprint density at radius 1 is 0.900 bits per heavy atom. The lowest BCUT2D eigenvalue weighted by molar-refractivity contribution is 0.302. The number of hydrogen-bond acceptors (Lipinski definition) is 5. The van der Waals surface area contributed by atoms with Crippen LogP contribution in [0.5, 0.6) is 5.88 Å². The molecule has 30 heavy (non-hydrogen) atoms. The molecular weight excluding hydrogens is 381 g/mol. The molecule has 0 radical (unpaired) electrons. The van der Waals surface area contributed by atoms with Crippen molar-refractivity contribution in [1.82, 2.24) is 25.3 Å². The van der Waals surface area contributed by atoms with E-state index in [0.717, 1.165) is 22.5 Å². The van der Waals surface area contributed by atoms with Crippen LogP contribution in [0.3, 0.4) is 0 Å². The number of aromatic nitrogens is 4. The minimum Gasteiger partial charge on any atom is -0.476 e. The van der Waals surface area contributed by atoms with Gasteiger partial charge in [0.15, 0.2) is 0 Å². The molecule has 2 aromatic heterocycles. The van der Waals surface area contributed by atoms with E-state index >= 15 is 0 Å². The Labute approximate surface area is 174 Å². The van der Waals surface area contributed by atoms with Crippen molar-refractivity contribution >= 4 is 0 Å². The molecule has 1 N–H and O–H groups in total. The third-order valence-electron chi connectivity index (χ3n) is 4.47. The van der Waals surface area contributed by atoms with Gasteiger partial charge in [-0.05, 0) is 23.8 Å². The fourth-order valence-electron chi connectivity index (χ4n) is 3.01. The van der Waals surface area contributed by atoms with E-state index in [1.54, 1.807) is 23.1 Å². The zero-order valence-electron chi connectivity index (χ0n) is 16.4. The van der Waals surface area contributed by atoms with Crippen molar-refractivity contribution in [3.8, 4) is 17.1 Å². The van der Waals surface area contributed by atoms with Gasteiger partial charge in [-0.3, -0.25) is 0 Å². The van der Waals surface area contributed by atoms with E-state index in [4.69, 9.17) is 4.74 Å². The Hall–Kier alpha value is -3.58. The van der Waals surface area contributed by atoms with Gasteiger partial charge in [-0.2, -0.15) is 15.0 Å². The fourth-order valence-corrected chi connectivity index (χ4v) is 3.01. The van der Waals surface area contributed by atoms with Gasteiger partial charge in [0.25, 0.3) is 0 Å². The minimum atomic E-state index is -0.255. The summed E-state index contributed by atoms with van der Waals surface area (Å²) in [7, 11) is 0. The van der Waals surface area contributed by atoms with E-state index in [0.29, 0.717) is 32.1 Å². The number of ether oxygens (including phenoxy) is 1. The molecule has 4 aromatic rings. The molecule has 0 aliphatic rings. The summed E-state index contributed by atoms with van der Waals surface area (Å²) in [6.45, 7) is 2.18. The second-order valence-electron chi connectivity index (χ2n) is 6.71. The summed E-state index contributed by atoms with van der Waals surface area (Å²) in [4.78, 5) is 5.79. The number of hydrogen-bond donors (Lipinski definition) is 1. The molecule has 0 bridgehead atoms. The van der Waals surface area contributed by atoms with Crippen LogP contribution in [-0.2, 0) is 13.1 Å². The van der Waals surface area contributed by atoms with E-state index in [1.807, 2.05) is 48.5 Å². The monoisotopic (exact) mass is 403 g/mol. The van der Waals surface area contributed by atoms with Gasteiger partial charge in [0, 0.05) is 30.9 Å². The second kappa shape index (κ2) is 9.76. The summed E-state index contributed by atoms with van der Waals surface area (Å²) >= 11 is 0. The number of nitrogens with one attached hydrogen (secondary N) is 1. The number of nitrogens with zero attached hydrogens (tertiary/aromatic N) is 4. The molecule has 7 heteroatoms. The topological polar surface area (TPSA) is 64.9 Å². The van der Waals surface area contributed by atoms with Crippen LogP contribution in [0.1, 0.15) is 11.3 Å². The molecule has 0 aliphatic heterocycles. The first kappa shape index (κ1) is 19.7. The highest BCUT2D eigenvalue weighted by molar-refractivity contribution is 5.60. The Bertz CT molecular complexity index is 1050. The quantitative estimate of drug-likeness (QED) is 0.432. The molecule has 0 fully saturated rings. The molecule has 2 aromatic carbocycles. The van der Waals surface area contributed by atoms with Crippen LogP contribution < -0.4 is 10.1 Å². The van der Waals surface area contributed by atoms with Crippen LogP contribution in [0.25, 0.3) is 11.3 Å². The molecule has 0 spiro atoms. The SMILES string of the molecule is Fc1ccc(Cn2nc(CNCCOc3ccccn3)c(-c3ccccc3)n2)cc1. The van der Waals surface area contributed by atoms with Gasteiger partial charge in [0.2, 0.25) is 5.88 Å². The molecule has 4 rings (SSSR count). The van der Waals surface area contributed by atoms with E-state index in [9.17, 15) is 4.39 Å². The summed E-state index contributed by atoms with van der Waals surface area (Å²) in [6, 6.07) is 21.9. The summed E-state index contributed by atoms with van der Waals surface area (Å²) in [5, 5.41) is 12.7. The standard InChI is InChI=1S/C23H22FN5O/c24-20-11-9-18(10-12-20)17-29-27-21(23(28-29)19-6-2-1-3-7-19)16-25-14-15-30-22-8-4-5-13-26-22/h1-13,25H,14-17H2. The first-order valence-electron chi connectivity index (χ1n) is 9.76. The molecule has 6 nitrogen and oxygen atoms in total. The van der Waals surface area contributed by atoms with Crippen LogP contribution in [-0.4, -0.2) is 33.1 Å². The largest absolute Gasteiger partial charge is 0.476 e. The lowest BCUT2D eigenvalue weighted by Gasteiger charge is -2.06. The lowest BCUT2D eigenvalue weighted by Crippen LogP contribution is -2.21. The second-order valence-corrected chi connectivity index (χ2v) is 6.71. The maximum Gasteiger partial charge on any atom is 0.213 e. The predicted octanol–water partition coefficient (Wildman–Crippen LogP) is 3.70. The van der Waals surface area contributed by atoms with Crippen LogP contribution in [0.2, 0.25) is 0 Å². The summed E-state index contributed by atoms with van der Waals surface area (Å²) in [5.74, 6) is 0.351. The molecule has 0 aliphatic carbocycles. The molecule has 0 saturated carbocycles. The maximum atomic E-state index is 13.2. The molecular formula is C23H22FN5O. The highest BCUT2D eigenvalue weighted by atomic mass is 19.1. The lowest BCUT2D eigenvalue weighted by atomic mass is 10.1. The average Bonchev–Trinajstić information content (AvgIpc) is 3.19. The van der Waals surface area contributed by atoms with Gasteiger partial charge < -0.3 is 10.1 Å².